The van der Waals surface area contributed by atoms with Gasteiger partial charge in [0.25, 0.3) is 0 Å². The summed E-state index contributed by atoms with van der Waals surface area (Å²) < 4.78 is 77.7. The van der Waals surface area contributed by atoms with Crippen LogP contribution in [0.3, 0.4) is 0 Å². The Kier molecular flexibility index (Phi) is 8.30. The average Bonchev–Trinajstić information content (AvgIpc) is 2.30. The molecule has 0 aliphatic rings. The van der Waals surface area contributed by atoms with E-state index in [4.69, 9.17) is 4.74 Å². The summed E-state index contributed by atoms with van der Waals surface area (Å²) in [5.74, 6) is -2.03. The molecule has 1 aromatic rings. The molecule has 0 spiro atoms. The summed E-state index contributed by atoms with van der Waals surface area (Å²) in [5.41, 5.74) is -0.991. The molecule has 0 N–H and O–H groups in total. The molecule has 0 aromatic heterocycles. The van der Waals surface area contributed by atoms with Gasteiger partial charge in [0.1, 0.15) is 6.61 Å². The molecule has 0 amide bonds. The summed E-state index contributed by atoms with van der Waals surface area (Å²) in [5, 5.41) is 0. The summed E-state index contributed by atoms with van der Waals surface area (Å²) in [6.45, 7) is -4.21. The fourth-order valence-electron chi connectivity index (χ4n) is 1.26. The van der Waals surface area contributed by atoms with Crippen molar-refractivity contribution in [3.05, 3.63) is 24.0 Å². The number of hydrogen-bond acceptors (Lipinski definition) is 3. The molecule has 108 valence electrons. The molecular formula is C10H12BF4KO3S. The number of rotatable bonds is 6. The first-order chi connectivity index (χ1) is 8.65. The molecule has 10 heteroatoms. The fourth-order valence-corrected chi connectivity index (χ4v) is 1.88. The van der Waals surface area contributed by atoms with Gasteiger partial charge in [-0.15, -0.1) is 5.46 Å². The van der Waals surface area contributed by atoms with Crippen LogP contribution in [0, 0.1) is 5.82 Å². The minimum atomic E-state index is -5.25. The van der Waals surface area contributed by atoms with E-state index in [1.807, 2.05) is 0 Å². The predicted octanol–water partition coefficient (Wildman–Crippen LogP) is -1.30. The minimum absolute atomic E-state index is 0. The minimum Gasteiger partial charge on any atom is -0.490 e. The van der Waals surface area contributed by atoms with Crippen LogP contribution in [0.25, 0.3) is 0 Å². The molecule has 0 radical (unpaired) electrons. The molecule has 0 heterocycles. The van der Waals surface area contributed by atoms with Crippen molar-refractivity contribution >= 4 is 22.3 Å². The first-order valence-electron chi connectivity index (χ1n) is 5.48. The number of halogens is 4. The molecule has 0 bridgehead atoms. The van der Waals surface area contributed by atoms with Crippen molar-refractivity contribution in [2.45, 2.75) is 6.92 Å². The number of sulfone groups is 1. The molecule has 1 aromatic carbocycles. The van der Waals surface area contributed by atoms with Gasteiger partial charge in [0, 0.05) is 5.75 Å². The van der Waals surface area contributed by atoms with Crippen LogP contribution < -0.4 is 61.6 Å². The van der Waals surface area contributed by atoms with E-state index in [9.17, 15) is 25.8 Å². The summed E-state index contributed by atoms with van der Waals surface area (Å²) in [4.78, 5) is 0. The second-order valence-electron chi connectivity index (χ2n) is 3.85. The van der Waals surface area contributed by atoms with Crippen LogP contribution in [0.15, 0.2) is 18.2 Å². The van der Waals surface area contributed by atoms with E-state index < -0.39 is 33.8 Å². The molecule has 0 atom stereocenters. The van der Waals surface area contributed by atoms with E-state index in [0.717, 1.165) is 0 Å². The Balaban J connectivity index is 0.00000361. The zero-order valence-corrected chi connectivity index (χ0v) is 15.0. The van der Waals surface area contributed by atoms with E-state index in [0.29, 0.717) is 18.2 Å². The average molecular weight is 338 g/mol. The molecule has 0 aliphatic carbocycles. The summed E-state index contributed by atoms with van der Waals surface area (Å²) in [6.07, 6.45) is 0. The maximum atomic E-state index is 13.2. The standard InChI is InChI=1S/C10H12BF4O3S.K/c1-2-19(16,17)6-5-18-10-7-8(11(13,14)15)3-4-9(10)12;/h3-4,7H,2,5-6H2,1H3;/q-1;+1. The zero-order valence-electron chi connectivity index (χ0n) is 11.1. The second-order valence-corrected chi connectivity index (χ2v) is 6.32. The van der Waals surface area contributed by atoms with Gasteiger partial charge in [0.2, 0.25) is 0 Å². The van der Waals surface area contributed by atoms with E-state index in [-0.39, 0.29) is 69.5 Å². The van der Waals surface area contributed by atoms with Crippen molar-refractivity contribution in [1.29, 1.82) is 0 Å². The third kappa shape index (κ3) is 6.44. The number of ether oxygens (including phenoxy) is 1. The van der Waals surface area contributed by atoms with Gasteiger partial charge in [-0.3, -0.25) is 0 Å². The Morgan fingerprint density at radius 2 is 1.85 bits per heavy atom. The van der Waals surface area contributed by atoms with Crippen molar-refractivity contribution in [2.75, 3.05) is 18.1 Å². The third-order valence-corrected chi connectivity index (χ3v) is 4.09. The Morgan fingerprint density at radius 1 is 1.25 bits per heavy atom. The van der Waals surface area contributed by atoms with E-state index in [1.165, 1.54) is 6.92 Å². The predicted molar refractivity (Wildman–Crippen MR) is 64.9 cm³/mol. The van der Waals surface area contributed by atoms with Gasteiger partial charge in [-0.2, -0.15) is 0 Å². The van der Waals surface area contributed by atoms with Gasteiger partial charge in [0.15, 0.2) is 21.4 Å². The Morgan fingerprint density at radius 3 is 2.35 bits per heavy atom. The van der Waals surface area contributed by atoms with Gasteiger partial charge >= 0.3 is 58.4 Å². The quantitative estimate of drug-likeness (QED) is 0.478. The molecule has 20 heavy (non-hydrogen) atoms. The summed E-state index contributed by atoms with van der Waals surface area (Å²) >= 11 is 0. The first kappa shape index (κ1) is 20.4. The molecular weight excluding hydrogens is 326 g/mol. The molecule has 1 rings (SSSR count). The zero-order chi connectivity index (χ0) is 14.7. The topological polar surface area (TPSA) is 43.4 Å². The second kappa shape index (κ2) is 8.14. The molecule has 0 saturated carbocycles. The normalized spacial score (nSPS) is 11.8. The Labute approximate surface area is 157 Å². The van der Waals surface area contributed by atoms with Crippen molar-refractivity contribution < 1.29 is 81.9 Å². The van der Waals surface area contributed by atoms with Gasteiger partial charge in [-0.1, -0.05) is 13.0 Å². The molecule has 0 unspecified atom stereocenters. The smallest absolute Gasteiger partial charge is 0.490 e. The van der Waals surface area contributed by atoms with E-state index >= 15 is 0 Å². The number of benzene rings is 1. The van der Waals surface area contributed by atoms with Crippen LogP contribution in [0.4, 0.5) is 17.3 Å². The van der Waals surface area contributed by atoms with E-state index in [2.05, 4.69) is 0 Å². The van der Waals surface area contributed by atoms with Crippen LogP contribution in [-0.2, 0) is 9.84 Å². The number of hydrogen-bond donors (Lipinski definition) is 0. The third-order valence-electron chi connectivity index (χ3n) is 2.42. The largest absolute Gasteiger partial charge is 1.00 e. The SMILES string of the molecule is CCS(=O)(=O)CCOc1cc([B-](F)(F)F)ccc1F.[K+]. The molecule has 0 saturated heterocycles. The van der Waals surface area contributed by atoms with Gasteiger partial charge in [0.05, 0.1) is 5.75 Å². The molecule has 0 aliphatic heterocycles. The molecule has 0 fully saturated rings. The molecule has 3 nitrogen and oxygen atoms in total. The van der Waals surface area contributed by atoms with Crippen LogP contribution >= 0.6 is 0 Å². The van der Waals surface area contributed by atoms with Crippen molar-refractivity contribution in [1.82, 2.24) is 0 Å². The maximum absolute atomic E-state index is 13.2. The van der Waals surface area contributed by atoms with Crippen LogP contribution in [0.1, 0.15) is 6.92 Å². The van der Waals surface area contributed by atoms with Crippen LogP contribution in [-0.4, -0.2) is 33.5 Å². The fraction of sp³-hybridized carbons (Fsp3) is 0.400. The Hall–Kier alpha value is 0.391. The van der Waals surface area contributed by atoms with Gasteiger partial charge in [-0.25, -0.2) is 12.8 Å². The van der Waals surface area contributed by atoms with Gasteiger partial charge < -0.3 is 17.7 Å². The summed E-state index contributed by atoms with van der Waals surface area (Å²) in [6, 6.07) is 1.80. The Bertz CT molecular complexity index is 548. The van der Waals surface area contributed by atoms with Crippen molar-refractivity contribution in [2.24, 2.45) is 0 Å². The van der Waals surface area contributed by atoms with Crippen LogP contribution in [0.5, 0.6) is 5.75 Å². The van der Waals surface area contributed by atoms with Crippen molar-refractivity contribution in [3.8, 4) is 5.75 Å². The van der Waals surface area contributed by atoms with Crippen LogP contribution in [0.2, 0.25) is 0 Å². The summed E-state index contributed by atoms with van der Waals surface area (Å²) in [7, 11) is -3.31. The monoisotopic (exact) mass is 338 g/mol. The van der Waals surface area contributed by atoms with Gasteiger partial charge in [-0.05, 0) is 12.1 Å². The van der Waals surface area contributed by atoms with E-state index in [1.54, 1.807) is 0 Å². The first-order valence-corrected chi connectivity index (χ1v) is 7.30. The maximum Gasteiger partial charge on any atom is 1.00 e. The van der Waals surface area contributed by atoms with Crippen molar-refractivity contribution in [3.63, 3.8) is 0 Å².